The monoisotopic (exact) mass is 386 g/mol. The first-order valence-corrected chi connectivity index (χ1v) is 9.55. The molecular formula is C20H19FN2O3S. The second-order valence-electron chi connectivity index (χ2n) is 5.86. The molecule has 3 aromatic rings. The fourth-order valence-corrected chi connectivity index (χ4v) is 3.51. The van der Waals surface area contributed by atoms with E-state index in [9.17, 15) is 14.0 Å². The van der Waals surface area contributed by atoms with Gasteiger partial charge in [-0.15, -0.1) is 11.8 Å². The number of halogens is 1. The molecule has 0 aliphatic carbocycles. The number of thioether (sulfide) groups is 1. The fourth-order valence-electron chi connectivity index (χ4n) is 2.75. The maximum Gasteiger partial charge on any atom is 0.338 e. The van der Waals surface area contributed by atoms with Gasteiger partial charge in [0.2, 0.25) is 0 Å². The van der Waals surface area contributed by atoms with Crippen LogP contribution in [0.5, 0.6) is 0 Å². The Balaban J connectivity index is 1.68. The lowest BCUT2D eigenvalue weighted by atomic mass is 10.2. The van der Waals surface area contributed by atoms with Crippen molar-refractivity contribution in [1.29, 1.82) is 0 Å². The van der Waals surface area contributed by atoms with Crippen LogP contribution in [0.2, 0.25) is 0 Å². The fraction of sp³-hybridized carbons (Fsp3) is 0.250. The van der Waals surface area contributed by atoms with Crippen LogP contribution >= 0.6 is 11.8 Å². The summed E-state index contributed by atoms with van der Waals surface area (Å²) in [5, 5.41) is 0. The molecule has 140 valence electrons. The molecule has 0 radical (unpaired) electrons. The van der Waals surface area contributed by atoms with Gasteiger partial charge >= 0.3 is 5.97 Å². The standard InChI is InChI=1S/C20H19FN2O3S/c1-3-23-17-9-8-14(12-16(17)22-13(2)19(23)24)20(25)26-10-11-27-18-7-5-4-6-15(18)21/h4-9,12H,3,10-11H2,1-2H3. The molecule has 0 aliphatic heterocycles. The van der Waals surface area contributed by atoms with E-state index in [4.69, 9.17) is 4.74 Å². The molecular weight excluding hydrogens is 367 g/mol. The summed E-state index contributed by atoms with van der Waals surface area (Å²) in [6.45, 7) is 4.22. The van der Waals surface area contributed by atoms with Gasteiger partial charge in [0, 0.05) is 17.2 Å². The molecule has 0 aliphatic rings. The highest BCUT2D eigenvalue weighted by Gasteiger charge is 2.12. The highest BCUT2D eigenvalue weighted by Crippen LogP contribution is 2.21. The third-order valence-corrected chi connectivity index (χ3v) is 5.08. The minimum atomic E-state index is -0.472. The van der Waals surface area contributed by atoms with E-state index >= 15 is 0 Å². The maximum atomic E-state index is 13.6. The Morgan fingerprint density at radius 3 is 2.78 bits per heavy atom. The van der Waals surface area contributed by atoms with Crippen molar-refractivity contribution in [3.63, 3.8) is 0 Å². The van der Waals surface area contributed by atoms with E-state index in [0.717, 1.165) is 0 Å². The number of aryl methyl sites for hydroxylation is 2. The molecule has 7 heteroatoms. The molecule has 0 atom stereocenters. The SMILES string of the molecule is CCn1c(=O)c(C)nc2cc(C(=O)OCCSc3ccccc3F)ccc21. The van der Waals surface area contributed by atoms with Crippen LogP contribution < -0.4 is 5.56 Å². The molecule has 0 unspecified atom stereocenters. The number of aromatic nitrogens is 2. The highest BCUT2D eigenvalue weighted by atomic mass is 32.2. The van der Waals surface area contributed by atoms with E-state index in [1.54, 1.807) is 47.9 Å². The molecule has 0 N–H and O–H groups in total. The van der Waals surface area contributed by atoms with Gasteiger partial charge in [-0.1, -0.05) is 12.1 Å². The van der Waals surface area contributed by atoms with Crippen molar-refractivity contribution < 1.29 is 13.9 Å². The molecule has 2 aromatic carbocycles. The smallest absolute Gasteiger partial charge is 0.338 e. The van der Waals surface area contributed by atoms with Crippen LogP contribution in [-0.2, 0) is 11.3 Å². The van der Waals surface area contributed by atoms with Crippen molar-refractivity contribution >= 4 is 28.8 Å². The van der Waals surface area contributed by atoms with Gasteiger partial charge < -0.3 is 9.30 Å². The summed E-state index contributed by atoms with van der Waals surface area (Å²) in [5.41, 5.74) is 1.87. The highest BCUT2D eigenvalue weighted by molar-refractivity contribution is 7.99. The van der Waals surface area contributed by atoms with Crippen molar-refractivity contribution in [1.82, 2.24) is 9.55 Å². The quantitative estimate of drug-likeness (QED) is 0.366. The Morgan fingerprint density at radius 1 is 1.26 bits per heavy atom. The van der Waals surface area contributed by atoms with E-state index < -0.39 is 5.97 Å². The summed E-state index contributed by atoms with van der Waals surface area (Å²) in [7, 11) is 0. The lowest BCUT2D eigenvalue weighted by Crippen LogP contribution is -2.23. The van der Waals surface area contributed by atoms with Crippen molar-refractivity contribution in [3.8, 4) is 0 Å². The second kappa shape index (κ2) is 8.35. The molecule has 0 spiro atoms. The van der Waals surface area contributed by atoms with Crippen LogP contribution in [0, 0.1) is 12.7 Å². The summed E-state index contributed by atoms with van der Waals surface area (Å²) >= 11 is 1.29. The first kappa shape index (κ1) is 19.1. The van der Waals surface area contributed by atoms with Gasteiger partial charge in [0.05, 0.1) is 16.6 Å². The zero-order valence-electron chi connectivity index (χ0n) is 15.1. The van der Waals surface area contributed by atoms with Crippen molar-refractivity contribution in [2.24, 2.45) is 0 Å². The van der Waals surface area contributed by atoms with E-state index in [0.29, 0.717) is 39.5 Å². The number of carbonyl (C=O) groups is 1. The molecule has 5 nitrogen and oxygen atoms in total. The van der Waals surface area contributed by atoms with Gasteiger partial charge in [0.15, 0.2) is 0 Å². The van der Waals surface area contributed by atoms with Gasteiger partial charge in [-0.25, -0.2) is 14.2 Å². The average molecular weight is 386 g/mol. The van der Waals surface area contributed by atoms with Crippen LogP contribution in [0.15, 0.2) is 52.2 Å². The zero-order chi connectivity index (χ0) is 19.4. The summed E-state index contributed by atoms with van der Waals surface area (Å²) < 4.78 is 20.4. The minimum Gasteiger partial charge on any atom is -0.461 e. The van der Waals surface area contributed by atoms with Crippen LogP contribution in [0.4, 0.5) is 4.39 Å². The normalized spacial score (nSPS) is 10.9. The van der Waals surface area contributed by atoms with E-state index in [1.165, 1.54) is 17.8 Å². The zero-order valence-corrected chi connectivity index (χ0v) is 15.9. The number of hydrogen-bond acceptors (Lipinski definition) is 5. The number of benzene rings is 2. The predicted molar refractivity (Wildman–Crippen MR) is 104 cm³/mol. The van der Waals surface area contributed by atoms with Crippen molar-refractivity contribution in [2.75, 3.05) is 12.4 Å². The van der Waals surface area contributed by atoms with Gasteiger partial charge in [-0.3, -0.25) is 4.79 Å². The topological polar surface area (TPSA) is 61.2 Å². The lowest BCUT2D eigenvalue weighted by molar-refractivity contribution is 0.0530. The van der Waals surface area contributed by atoms with Gasteiger partial charge in [-0.2, -0.15) is 0 Å². The van der Waals surface area contributed by atoms with Crippen molar-refractivity contribution in [3.05, 3.63) is 69.9 Å². The molecule has 0 saturated heterocycles. The number of nitrogens with zero attached hydrogens (tertiary/aromatic N) is 2. The second-order valence-corrected chi connectivity index (χ2v) is 7.00. The van der Waals surface area contributed by atoms with Crippen LogP contribution in [0.1, 0.15) is 23.0 Å². The third-order valence-electron chi connectivity index (χ3n) is 4.07. The van der Waals surface area contributed by atoms with Crippen LogP contribution in [-0.4, -0.2) is 27.9 Å². The third kappa shape index (κ3) is 4.19. The Bertz CT molecular complexity index is 1050. The molecule has 0 amide bonds. The molecule has 1 heterocycles. The summed E-state index contributed by atoms with van der Waals surface area (Å²) in [6.07, 6.45) is 0. The van der Waals surface area contributed by atoms with E-state index in [-0.39, 0.29) is 18.0 Å². The number of hydrogen-bond donors (Lipinski definition) is 0. The molecule has 3 rings (SSSR count). The summed E-state index contributed by atoms with van der Waals surface area (Å²) in [5.74, 6) is -0.306. The van der Waals surface area contributed by atoms with Crippen LogP contribution in [0.3, 0.4) is 0 Å². The summed E-state index contributed by atoms with van der Waals surface area (Å²) in [6, 6.07) is 11.4. The maximum absolute atomic E-state index is 13.6. The lowest BCUT2D eigenvalue weighted by Gasteiger charge is -2.10. The Hall–Kier alpha value is -2.67. The van der Waals surface area contributed by atoms with E-state index in [1.807, 2.05) is 6.92 Å². The van der Waals surface area contributed by atoms with Crippen molar-refractivity contribution in [2.45, 2.75) is 25.3 Å². The summed E-state index contributed by atoms with van der Waals surface area (Å²) in [4.78, 5) is 29.2. The Morgan fingerprint density at radius 2 is 2.04 bits per heavy atom. The number of fused-ring (bicyclic) bond motifs is 1. The van der Waals surface area contributed by atoms with Gasteiger partial charge in [-0.05, 0) is 44.2 Å². The number of rotatable bonds is 6. The largest absolute Gasteiger partial charge is 0.461 e. The molecule has 0 bridgehead atoms. The number of esters is 1. The van der Waals surface area contributed by atoms with Crippen LogP contribution in [0.25, 0.3) is 11.0 Å². The predicted octanol–water partition coefficient (Wildman–Crippen LogP) is 3.81. The van der Waals surface area contributed by atoms with Gasteiger partial charge in [0.25, 0.3) is 5.56 Å². The Kier molecular flexibility index (Phi) is 5.91. The number of carbonyl (C=O) groups excluding carboxylic acids is 1. The van der Waals surface area contributed by atoms with E-state index in [2.05, 4.69) is 4.98 Å². The minimum absolute atomic E-state index is 0.134. The molecule has 27 heavy (non-hydrogen) atoms. The number of ether oxygens (including phenoxy) is 1. The first-order chi connectivity index (χ1) is 13.0. The Labute approximate surface area is 160 Å². The first-order valence-electron chi connectivity index (χ1n) is 8.57. The average Bonchev–Trinajstić information content (AvgIpc) is 2.67. The molecule has 0 saturated carbocycles. The molecule has 0 fully saturated rings. The van der Waals surface area contributed by atoms with Gasteiger partial charge in [0.1, 0.15) is 18.1 Å². The molecule has 1 aromatic heterocycles.